The van der Waals surface area contributed by atoms with E-state index in [9.17, 15) is 18.0 Å². The summed E-state index contributed by atoms with van der Waals surface area (Å²) < 4.78 is 59.5. The molecular formula is C33H34F4N4O2. The van der Waals surface area contributed by atoms with Crippen molar-refractivity contribution in [1.82, 2.24) is 15.1 Å². The lowest BCUT2D eigenvalue weighted by Gasteiger charge is -2.35. The van der Waals surface area contributed by atoms with Gasteiger partial charge in [0, 0.05) is 50.9 Å². The third-order valence-corrected chi connectivity index (χ3v) is 8.05. The van der Waals surface area contributed by atoms with Crippen LogP contribution in [0.5, 0.6) is 5.75 Å². The summed E-state index contributed by atoms with van der Waals surface area (Å²) in [7, 11) is 0. The Bertz CT molecular complexity index is 1410. The summed E-state index contributed by atoms with van der Waals surface area (Å²) in [4.78, 5) is 17.2. The van der Waals surface area contributed by atoms with Crippen molar-refractivity contribution in [2.45, 2.75) is 56.8 Å². The first-order valence-electron chi connectivity index (χ1n) is 14.5. The number of hydrogen-bond acceptors (Lipinski definition) is 5. The third-order valence-electron chi connectivity index (χ3n) is 8.05. The molecule has 2 aliphatic heterocycles. The Morgan fingerprint density at radius 3 is 2.16 bits per heavy atom. The molecule has 2 unspecified atom stereocenters. The summed E-state index contributed by atoms with van der Waals surface area (Å²) in [6, 6.07) is 21.5. The van der Waals surface area contributed by atoms with E-state index in [1.165, 1.54) is 12.1 Å². The van der Waals surface area contributed by atoms with E-state index >= 15 is 4.39 Å². The highest BCUT2D eigenvalue weighted by Crippen LogP contribution is 2.30. The minimum Gasteiger partial charge on any atom is -0.487 e. The van der Waals surface area contributed by atoms with E-state index in [2.05, 4.69) is 16.3 Å². The van der Waals surface area contributed by atoms with Crippen molar-refractivity contribution in [3.8, 4) is 11.8 Å². The largest absolute Gasteiger partial charge is 0.487 e. The molecule has 5 rings (SSSR count). The van der Waals surface area contributed by atoms with Gasteiger partial charge in [-0.05, 0) is 72.9 Å². The molecule has 2 fully saturated rings. The zero-order valence-electron chi connectivity index (χ0n) is 23.7. The molecule has 226 valence electrons. The van der Waals surface area contributed by atoms with Gasteiger partial charge in [0.2, 0.25) is 0 Å². The van der Waals surface area contributed by atoms with Gasteiger partial charge in [-0.15, -0.1) is 0 Å². The predicted octanol–water partition coefficient (Wildman–Crippen LogP) is 5.96. The van der Waals surface area contributed by atoms with Crippen LogP contribution in [0.4, 0.5) is 17.6 Å². The number of nitriles is 1. The van der Waals surface area contributed by atoms with Crippen LogP contribution in [0.25, 0.3) is 0 Å². The van der Waals surface area contributed by atoms with Crippen LogP contribution in [0.1, 0.15) is 51.9 Å². The molecule has 43 heavy (non-hydrogen) atoms. The van der Waals surface area contributed by atoms with Crippen LogP contribution < -0.4 is 10.1 Å². The molecule has 0 spiro atoms. The minimum atomic E-state index is -4.39. The molecule has 0 aliphatic carbocycles. The van der Waals surface area contributed by atoms with Crippen LogP contribution in [-0.4, -0.2) is 60.2 Å². The first kappa shape index (κ1) is 30.5. The first-order valence-corrected chi connectivity index (χ1v) is 14.5. The quantitative estimate of drug-likeness (QED) is 0.326. The number of rotatable bonds is 8. The number of hydrogen-bond donors (Lipinski definition) is 1. The van der Waals surface area contributed by atoms with Gasteiger partial charge >= 0.3 is 6.18 Å². The van der Waals surface area contributed by atoms with Gasteiger partial charge in [0.1, 0.15) is 18.0 Å². The van der Waals surface area contributed by atoms with E-state index in [1.807, 2.05) is 29.2 Å². The average molecular weight is 595 g/mol. The van der Waals surface area contributed by atoms with E-state index in [4.69, 9.17) is 10.00 Å². The molecular weight excluding hydrogens is 560 g/mol. The molecule has 0 bridgehead atoms. The van der Waals surface area contributed by atoms with Crippen molar-refractivity contribution in [2.24, 2.45) is 0 Å². The van der Waals surface area contributed by atoms with E-state index < -0.39 is 24.0 Å². The van der Waals surface area contributed by atoms with Gasteiger partial charge in [0.25, 0.3) is 5.91 Å². The first-order chi connectivity index (χ1) is 20.7. The summed E-state index contributed by atoms with van der Waals surface area (Å²) in [5.41, 5.74) is 2.23. The van der Waals surface area contributed by atoms with Gasteiger partial charge in [0.05, 0.1) is 17.2 Å². The molecule has 6 nitrogen and oxygen atoms in total. The highest BCUT2D eigenvalue weighted by atomic mass is 19.4. The number of nitrogens with zero attached hydrogens (tertiary/aromatic N) is 3. The summed E-state index contributed by atoms with van der Waals surface area (Å²) >= 11 is 0. The molecule has 3 aromatic carbocycles. The van der Waals surface area contributed by atoms with Gasteiger partial charge in [0.15, 0.2) is 0 Å². The number of amides is 1. The van der Waals surface area contributed by atoms with E-state index in [0.29, 0.717) is 42.0 Å². The second kappa shape index (κ2) is 13.6. The number of benzene rings is 3. The highest BCUT2D eigenvalue weighted by Gasteiger charge is 2.32. The second-order valence-corrected chi connectivity index (χ2v) is 11.3. The Balaban J connectivity index is 1.07. The number of halogens is 4. The maximum Gasteiger partial charge on any atom is 0.416 e. The van der Waals surface area contributed by atoms with Crippen LogP contribution in [0.2, 0.25) is 0 Å². The fourth-order valence-electron chi connectivity index (χ4n) is 5.61. The van der Waals surface area contributed by atoms with Crippen molar-refractivity contribution >= 4 is 5.91 Å². The van der Waals surface area contributed by atoms with Crippen molar-refractivity contribution in [3.05, 3.63) is 101 Å². The molecule has 2 saturated heterocycles. The lowest BCUT2D eigenvalue weighted by molar-refractivity contribution is -0.137. The van der Waals surface area contributed by atoms with Crippen LogP contribution >= 0.6 is 0 Å². The fraction of sp³-hybridized carbons (Fsp3) is 0.394. The van der Waals surface area contributed by atoms with Gasteiger partial charge in [-0.3, -0.25) is 14.6 Å². The second-order valence-electron chi connectivity index (χ2n) is 11.3. The van der Waals surface area contributed by atoms with Crippen molar-refractivity contribution in [2.75, 3.05) is 26.2 Å². The Kier molecular flexibility index (Phi) is 9.63. The molecule has 2 heterocycles. The fourth-order valence-corrected chi connectivity index (χ4v) is 5.61. The lowest BCUT2D eigenvalue weighted by atomic mass is 10.0. The van der Waals surface area contributed by atoms with Gasteiger partial charge < -0.3 is 10.1 Å². The highest BCUT2D eigenvalue weighted by molar-refractivity contribution is 5.94. The molecule has 0 radical (unpaired) electrons. The topological polar surface area (TPSA) is 68.6 Å². The standard InChI is InChI=1S/C33H34F4N4O2/c34-30-22-41(21-25-8-10-27(11-9-25)33(35,36)37)17-14-31(30)43-29-3-1-2-26(18-29)32(42)39-28-12-15-40(16-13-28)20-24-6-4-23(19-38)5-7-24/h1-11,18,28,30-31H,12-17,20-22H2,(H,39,42). The normalized spacial score (nSPS) is 20.3. The van der Waals surface area contributed by atoms with E-state index in [1.54, 1.807) is 24.3 Å². The molecule has 0 aromatic heterocycles. The molecule has 1 amide bonds. The SMILES string of the molecule is N#Cc1ccc(CN2CCC(NC(=O)c3cccc(OC4CCN(Cc5ccc(C(F)(F)F)cc5)CC4F)c3)CC2)cc1. The smallest absolute Gasteiger partial charge is 0.416 e. The minimum absolute atomic E-state index is 0.0542. The summed E-state index contributed by atoms with van der Waals surface area (Å²) in [5.74, 6) is 0.230. The Labute approximate surface area is 248 Å². The maximum atomic E-state index is 15.1. The number of piperidine rings is 2. The Morgan fingerprint density at radius 1 is 0.907 bits per heavy atom. The molecule has 10 heteroatoms. The van der Waals surface area contributed by atoms with Gasteiger partial charge in [-0.1, -0.05) is 30.3 Å². The zero-order chi connectivity index (χ0) is 30.4. The van der Waals surface area contributed by atoms with Gasteiger partial charge in [-0.25, -0.2) is 4.39 Å². The molecule has 0 saturated carbocycles. The third kappa shape index (κ3) is 8.33. The predicted molar refractivity (Wildman–Crippen MR) is 154 cm³/mol. The molecule has 1 N–H and O–H groups in total. The average Bonchev–Trinajstić information content (AvgIpc) is 3.00. The number of nitrogens with one attached hydrogen (secondary N) is 1. The van der Waals surface area contributed by atoms with Crippen LogP contribution in [0.3, 0.4) is 0 Å². The number of ether oxygens (including phenoxy) is 1. The Hall–Kier alpha value is -3.94. The summed E-state index contributed by atoms with van der Waals surface area (Å²) in [5, 5.41) is 12.1. The van der Waals surface area contributed by atoms with E-state index in [-0.39, 0.29) is 18.5 Å². The molecule has 2 atom stereocenters. The zero-order valence-corrected chi connectivity index (χ0v) is 23.7. The number of alkyl halides is 4. The van der Waals surface area contributed by atoms with Crippen molar-refractivity contribution in [3.63, 3.8) is 0 Å². The van der Waals surface area contributed by atoms with Crippen molar-refractivity contribution in [1.29, 1.82) is 5.26 Å². The number of carbonyl (C=O) groups excluding carboxylic acids is 1. The molecule has 2 aliphatic rings. The van der Waals surface area contributed by atoms with Crippen LogP contribution in [-0.2, 0) is 19.3 Å². The lowest BCUT2D eigenvalue weighted by Crippen LogP contribution is -2.46. The van der Waals surface area contributed by atoms with Crippen LogP contribution in [0.15, 0.2) is 72.8 Å². The van der Waals surface area contributed by atoms with Crippen molar-refractivity contribution < 1.29 is 27.1 Å². The summed E-state index contributed by atoms with van der Waals surface area (Å²) in [6.07, 6.45) is -4.28. The summed E-state index contributed by atoms with van der Waals surface area (Å²) in [6.45, 7) is 3.50. The van der Waals surface area contributed by atoms with E-state index in [0.717, 1.165) is 50.2 Å². The monoisotopic (exact) mass is 594 g/mol. The van der Waals surface area contributed by atoms with Gasteiger partial charge in [-0.2, -0.15) is 18.4 Å². The van der Waals surface area contributed by atoms with Crippen LogP contribution in [0, 0.1) is 11.3 Å². The number of likely N-dealkylation sites (tertiary alicyclic amines) is 2. The molecule has 3 aromatic rings. The number of carbonyl (C=O) groups is 1. The Morgan fingerprint density at radius 2 is 1.53 bits per heavy atom. The maximum absolute atomic E-state index is 15.1.